The minimum absolute atomic E-state index is 1.19. The van der Waals surface area contributed by atoms with E-state index < -0.39 is 0 Å². The fraction of sp³-hybridized carbons (Fsp3) is 0.182. The van der Waals surface area contributed by atoms with Crippen LogP contribution in [0.5, 0.6) is 0 Å². The Hall–Kier alpha value is -2.54. The third-order valence-electron chi connectivity index (χ3n) is 4.40. The summed E-state index contributed by atoms with van der Waals surface area (Å²) in [4.78, 5) is 2.33. The zero-order valence-electron chi connectivity index (χ0n) is 14.3. The summed E-state index contributed by atoms with van der Waals surface area (Å²) in [6.45, 7) is 8.61. The van der Waals surface area contributed by atoms with Gasteiger partial charge in [-0.25, -0.2) is 0 Å². The third-order valence-corrected chi connectivity index (χ3v) is 4.40. The fourth-order valence-electron chi connectivity index (χ4n) is 2.79. The number of hydrogen-bond donors (Lipinski definition) is 0. The molecule has 0 aromatic heterocycles. The Morgan fingerprint density at radius 1 is 0.565 bits per heavy atom. The molecule has 0 atom stereocenters. The smallest absolute Gasteiger partial charge is 0.0493 e. The molecule has 0 N–H and O–H groups in total. The largest absolute Gasteiger partial charge is 0.310 e. The number of benzene rings is 3. The SMILES string of the molecule is Cc1ccc(N(c2ccc(C)cc2)c2cccc(C)c2C)cc1. The van der Waals surface area contributed by atoms with Crippen LogP contribution in [0.25, 0.3) is 0 Å². The Morgan fingerprint density at radius 2 is 1.04 bits per heavy atom. The number of rotatable bonds is 3. The van der Waals surface area contributed by atoms with Crippen LogP contribution in [0.15, 0.2) is 66.7 Å². The van der Waals surface area contributed by atoms with E-state index in [-0.39, 0.29) is 0 Å². The lowest BCUT2D eigenvalue weighted by atomic mass is 10.1. The maximum Gasteiger partial charge on any atom is 0.0493 e. The van der Waals surface area contributed by atoms with Crippen molar-refractivity contribution < 1.29 is 0 Å². The van der Waals surface area contributed by atoms with Gasteiger partial charge in [0.25, 0.3) is 0 Å². The van der Waals surface area contributed by atoms with Crippen molar-refractivity contribution in [3.63, 3.8) is 0 Å². The van der Waals surface area contributed by atoms with Crippen LogP contribution in [-0.4, -0.2) is 0 Å². The van der Waals surface area contributed by atoms with Crippen LogP contribution in [0.2, 0.25) is 0 Å². The summed E-state index contributed by atoms with van der Waals surface area (Å²) in [6.07, 6.45) is 0. The maximum atomic E-state index is 2.33. The summed E-state index contributed by atoms with van der Waals surface area (Å²) >= 11 is 0. The molecule has 0 saturated heterocycles. The predicted molar refractivity (Wildman–Crippen MR) is 100 cm³/mol. The molecule has 0 saturated carbocycles. The monoisotopic (exact) mass is 301 g/mol. The van der Waals surface area contributed by atoms with Crippen LogP contribution in [0.4, 0.5) is 17.1 Å². The first kappa shape index (κ1) is 15.4. The van der Waals surface area contributed by atoms with E-state index in [1.165, 1.54) is 39.3 Å². The molecule has 3 aromatic rings. The van der Waals surface area contributed by atoms with E-state index in [9.17, 15) is 0 Å². The minimum Gasteiger partial charge on any atom is -0.310 e. The number of nitrogens with zero attached hydrogens (tertiary/aromatic N) is 1. The molecule has 3 aromatic carbocycles. The van der Waals surface area contributed by atoms with Gasteiger partial charge in [0.2, 0.25) is 0 Å². The summed E-state index contributed by atoms with van der Waals surface area (Å²) in [6, 6.07) is 23.9. The van der Waals surface area contributed by atoms with Gasteiger partial charge in [-0.15, -0.1) is 0 Å². The molecule has 0 bridgehead atoms. The van der Waals surface area contributed by atoms with Gasteiger partial charge < -0.3 is 4.90 Å². The van der Waals surface area contributed by atoms with Crippen LogP contribution in [0, 0.1) is 27.7 Å². The highest BCUT2D eigenvalue weighted by atomic mass is 15.1. The first-order valence-electron chi connectivity index (χ1n) is 8.06. The quantitative estimate of drug-likeness (QED) is 0.541. The van der Waals surface area contributed by atoms with Crippen LogP contribution in [0.1, 0.15) is 22.3 Å². The van der Waals surface area contributed by atoms with E-state index >= 15 is 0 Å². The Morgan fingerprint density at radius 3 is 1.52 bits per heavy atom. The van der Waals surface area contributed by atoms with Crippen LogP contribution in [-0.2, 0) is 0 Å². The molecular formula is C22H23N. The molecule has 0 aliphatic rings. The van der Waals surface area contributed by atoms with E-state index in [4.69, 9.17) is 0 Å². The van der Waals surface area contributed by atoms with Gasteiger partial charge in [-0.05, 0) is 69.2 Å². The van der Waals surface area contributed by atoms with Gasteiger partial charge in [0.1, 0.15) is 0 Å². The summed E-state index contributed by atoms with van der Waals surface area (Å²) in [5, 5.41) is 0. The molecule has 1 nitrogen and oxygen atoms in total. The van der Waals surface area contributed by atoms with Gasteiger partial charge >= 0.3 is 0 Å². The van der Waals surface area contributed by atoms with E-state index in [1.807, 2.05) is 0 Å². The minimum atomic E-state index is 1.19. The van der Waals surface area contributed by atoms with E-state index in [1.54, 1.807) is 0 Å². The maximum absolute atomic E-state index is 2.33. The summed E-state index contributed by atoms with van der Waals surface area (Å²) < 4.78 is 0. The predicted octanol–water partition coefficient (Wildman–Crippen LogP) is 6.39. The molecule has 0 radical (unpaired) electrons. The van der Waals surface area contributed by atoms with Crippen molar-refractivity contribution in [1.82, 2.24) is 0 Å². The zero-order chi connectivity index (χ0) is 16.4. The molecule has 0 unspecified atom stereocenters. The molecule has 1 heteroatoms. The van der Waals surface area contributed by atoms with Crippen molar-refractivity contribution in [2.75, 3.05) is 4.90 Å². The first-order valence-corrected chi connectivity index (χ1v) is 8.06. The lowest BCUT2D eigenvalue weighted by Crippen LogP contribution is -2.11. The van der Waals surface area contributed by atoms with Crippen molar-refractivity contribution >= 4 is 17.1 Å². The molecule has 23 heavy (non-hydrogen) atoms. The van der Waals surface area contributed by atoms with Gasteiger partial charge in [0.05, 0.1) is 0 Å². The van der Waals surface area contributed by atoms with E-state index in [2.05, 4.69) is 99.3 Å². The second kappa shape index (κ2) is 6.29. The van der Waals surface area contributed by atoms with Crippen molar-refractivity contribution in [2.24, 2.45) is 0 Å². The normalized spacial score (nSPS) is 10.6. The van der Waals surface area contributed by atoms with E-state index in [0.717, 1.165) is 0 Å². The topological polar surface area (TPSA) is 3.24 Å². The van der Waals surface area contributed by atoms with Crippen molar-refractivity contribution in [2.45, 2.75) is 27.7 Å². The average Bonchev–Trinajstić information content (AvgIpc) is 2.55. The van der Waals surface area contributed by atoms with Gasteiger partial charge in [-0.2, -0.15) is 0 Å². The molecule has 116 valence electrons. The number of anilines is 3. The number of aryl methyl sites for hydroxylation is 3. The van der Waals surface area contributed by atoms with Gasteiger partial charge in [-0.3, -0.25) is 0 Å². The standard InChI is InChI=1S/C22H23N/c1-16-8-12-20(13-9-16)23(21-14-10-17(2)11-15-21)22-7-5-6-18(3)19(22)4/h5-15H,1-4H3. The molecule has 0 heterocycles. The molecule has 0 amide bonds. The van der Waals surface area contributed by atoms with Crippen molar-refractivity contribution in [1.29, 1.82) is 0 Å². The van der Waals surface area contributed by atoms with Gasteiger partial charge in [0.15, 0.2) is 0 Å². The van der Waals surface area contributed by atoms with Crippen molar-refractivity contribution in [3.05, 3.63) is 89.0 Å². The Kier molecular flexibility index (Phi) is 4.20. The van der Waals surface area contributed by atoms with Crippen LogP contribution in [0.3, 0.4) is 0 Å². The number of hydrogen-bond acceptors (Lipinski definition) is 1. The highest BCUT2D eigenvalue weighted by Gasteiger charge is 2.14. The highest BCUT2D eigenvalue weighted by molar-refractivity contribution is 5.79. The van der Waals surface area contributed by atoms with Crippen LogP contribution >= 0.6 is 0 Å². The molecule has 3 rings (SSSR count). The first-order chi connectivity index (χ1) is 11.1. The van der Waals surface area contributed by atoms with Crippen molar-refractivity contribution in [3.8, 4) is 0 Å². The third kappa shape index (κ3) is 3.14. The molecule has 0 aliphatic carbocycles. The molecule has 0 aliphatic heterocycles. The second-order valence-corrected chi connectivity index (χ2v) is 6.23. The lowest BCUT2D eigenvalue weighted by Gasteiger charge is -2.28. The second-order valence-electron chi connectivity index (χ2n) is 6.23. The molecular weight excluding hydrogens is 278 g/mol. The van der Waals surface area contributed by atoms with Gasteiger partial charge in [-0.1, -0.05) is 47.5 Å². The Labute approximate surface area is 139 Å². The zero-order valence-corrected chi connectivity index (χ0v) is 14.3. The molecule has 0 fully saturated rings. The Bertz CT molecular complexity index is 753. The average molecular weight is 301 g/mol. The Balaban J connectivity index is 2.19. The summed E-state index contributed by atoms with van der Waals surface area (Å²) in [7, 11) is 0. The highest BCUT2D eigenvalue weighted by Crippen LogP contribution is 2.37. The van der Waals surface area contributed by atoms with Gasteiger partial charge in [0, 0.05) is 17.1 Å². The summed E-state index contributed by atoms with van der Waals surface area (Å²) in [5.41, 5.74) is 8.79. The van der Waals surface area contributed by atoms with E-state index in [0.29, 0.717) is 0 Å². The van der Waals surface area contributed by atoms with Crippen LogP contribution < -0.4 is 4.90 Å². The molecule has 0 spiro atoms. The lowest BCUT2D eigenvalue weighted by molar-refractivity contribution is 1.22. The fourth-order valence-corrected chi connectivity index (χ4v) is 2.79. The summed E-state index contributed by atoms with van der Waals surface area (Å²) in [5.74, 6) is 0.